The van der Waals surface area contributed by atoms with Crippen molar-refractivity contribution in [3.05, 3.63) is 54.4 Å². The number of anilines is 2. The quantitative estimate of drug-likeness (QED) is 0.403. The number of hydrogen-bond donors (Lipinski definition) is 4. The molecule has 0 aliphatic carbocycles. The molecule has 166 valence electrons. The molecule has 0 aliphatic heterocycles. The topological polar surface area (TPSA) is 138 Å². The van der Waals surface area contributed by atoms with Crippen LogP contribution in [0.1, 0.15) is 5.56 Å². The second kappa shape index (κ2) is 9.01. The normalized spacial score (nSPS) is 13.2. The molecular weight excluding hydrogens is 441 g/mol. The maximum atomic E-state index is 12.7. The molecule has 13 heteroatoms. The molecule has 2 heterocycles. The highest BCUT2D eigenvalue weighted by Gasteiger charge is 2.30. The Labute approximate surface area is 174 Å². The molecule has 3 rings (SSSR count). The molecule has 0 radical (unpaired) electrons. The first-order valence-electron chi connectivity index (χ1n) is 8.73. The van der Waals surface area contributed by atoms with Crippen LogP contribution >= 0.6 is 0 Å². The maximum absolute atomic E-state index is 12.7. The van der Waals surface area contributed by atoms with E-state index in [0.717, 1.165) is 12.1 Å². The summed E-state index contributed by atoms with van der Waals surface area (Å²) < 4.78 is 69.7. The van der Waals surface area contributed by atoms with Gasteiger partial charge >= 0.3 is 6.18 Å². The van der Waals surface area contributed by atoms with Gasteiger partial charge in [-0.25, -0.2) is 23.1 Å². The largest absolute Gasteiger partial charge is 0.423 e. The molecule has 1 aromatic carbocycles. The molecule has 31 heavy (non-hydrogen) atoms. The monoisotopic (exact) mass is 458 g/mol. The zero-order valence-corrected chi connectivity index (χ0v) is 16.5. The summed E-state index contributed by atoms with van der Waals surface area (Å²) in [5.74, 6) is 0.232. The lowest BCUT2D eigenvalue weighted by molar-refractivity contribution is -0.137. The highest BCUT2D eigenvalue weighted by Crippen LogP contribution is 2.31. The molecule has 0 bridgehead atoms. The number of rotatable bonds is 8. The number of nitrogens with one attached hydrogen (secondary N) is 2. The second-order valence-corrected chi connectivity index (χ2v) is 8.02. The van der Waals surface area contributed by atoms with Crippen molar-refractivity contribution in [1.29, 1.82) is 0 Å². The first kappa shape index (κ1) is 22.7. The molecule has 4 N–H and O–H groups in total. The van der Waals surface area contributed by atoms with E-state index in [2.05, 4.69) is 20.0 Å². The number of hydrogen-bond acceptors (Lipinski definition) is 8. The van der Waals surface area contributed by atoms with Gasteiger partial charge in [-0.1, -0.05) is 12.1 Å². The van der Waals surface area contributed by atoms with Crippen LogP contribution in [0, 0.1) is 0 Å². The number of benzene rings is 1. The average molecular weight is 458 g/mol. The van der Waals surface area contributed by atoms with Crippen molar-refractivity contribution in [2.75, 3.05) is 18.5 Å². The van der Waals surface area contributed by atoms with Gasteiger partial charge in [0, 0.05) is 12.1 Å². The molecule has 0 aliphatic rings. The molecule has 0 spiro atoms. The zero-order valence-electron chi connectivity index (χ0n) is 15.7. The summed E-state index contributed by atoms with van der Waals surface area (Å²) in [5, 5.41) is 20.4. The van der Waals surface area contributed by atoms with E-state index in [1.54, 1.807) is 0 Å². The summed E-state index contributed by atoms with van der Waals surface area (Å²) in [5.41, 5.74) is -0.0463. The highest BCUT2D eigenvalue weighted by atomic mass is 32.2. The number of sulfonamides is 1. The van der Waals surface area contributed by atoms with Crippen molar-refractivity contribution in [3.8, 4) is 11.3 Å². The molecule has 0 saturated heterocycles. The van der Waals surface area contributed by atoms with Gasteiger partial charge in [-0.3, -0.25) is 0 Å². The predicted octanol–water partition coefficient (Wildman–Crippen LogP) is 2.13. The molecule has 0 fully saturated rings. The summed E-state index contributed by atoms with van der Waals surface area (Å²) in [6, 6.07) is 7.01. The lowest BCUT2D eigenvalue weighted by atomic mass is 10.1. The molecule has 2 aromatic heterocycles. The Kier molecular flexibility index (Phi) is 6.59. The number of aliphatic hydroxyl groups excluding tert-OH is 2. The van der Waals surface area contributed by atoms with Crippen LogP contribution in [0.15, 0.2) is 58.2 Å². The summed E-state index contributed by atoms with van der Waals surface area (Å²) in [7, 11) is -3.98. The van der Waals surface area contributed by atoms with E-state index in [0.29, 0.717) is 11.3 Å². The van der Waals surface area contributed by atoms with E-state index in [1.165, 1.54) is 36.7 Å². The Morgan fingerprint density at radius 1 is 1.06 bits per heavy atom. The van der Waals surface area contributed by atoms with Crippen LogP contribution in [0.3, 0.4) is 0 Å². The van der Waals surface area contributed by atoms with Crippen LogP contribution in [-0.2, 0) is 16.2 Å². The van der Waals surface area contributed by atoms with Crippen LogP contribution in [0.2, 0.25) is 0 Å². The van der Waals surface area contributed by atoms with Crippen molar-refractivity contribution in [3.63, 3.8) is 0 Å². The predicted molar refractivity (Wildman–Crippen MR) is 103 cm³/mol. The number of halogens is 3. The van der Waals surface area contributed by atoms with Crippen LogP contribution in [-0.4, -0.2) is 47.9 Å². The van der Waals surface area contributed by atoms with Gasteiger partial charge in [-0.05, 0) is 24.3 Å². The third kappa shape index (κ3) is 5.79. The van der Waals surface area contributed by atoms with Crippen LogP contribution < -0.4 is 10.0 Å². The minimum atomic E-state index is -4.44. The first-order valence-corrected chi connectivity index (χ1v) is 10.2. The van der Waals surface area contributed by atoms with Gasteiger partial charge in [-0.2, -0.15) is 13.2 Å². The average Bonchev–Trinajstić information content (AvgIpc) is 3.20. The van der Waals surface area contributed by atoms with E-state index in [-0.39, 0.29) is 23.3 Å². The second-order valence-electron chi connectivity index (χ2n) is 6.30. The minimum absolute atomic E-state index is 0.0245. The van der Waals surface area contributed by atoms with Gasteiger partial charge in [0.25, 0.3) is 16.0 Å². The number of oxazole rings is 1. The van der Waals surface area contributed by atoms with E-state index in [4.69, 9.17) is 9.52 Å². The Morgan fingerprint density at radius 3 is 2.35 bits per heavy atom. The van der Waals surface area contributed by atoms with Crippen molar-refractivity contribution in [2.45, 2.75) is 17.3 Å². The summed E-state index contributed by atoms with van der Waals surface area (Å²) in [6.07, 6.45) is -3.14. The SMILES string of the molecule is O=S(=O)(NCC(O)CO)c1ccc(Nc2ncc(-c3ccc(C(F)(F)F)cc3)o2)cn1. The van der Waals surface area contributed by atoms with Crippen molar-refractivity contribution >= 4 is 21.7 Å². The lowest BCUT2D eigenvalue weighted by Gasteiger charge is -2.09. The van der Waals surface area contributed by atoms with Crippen molar-refractivity contribution in [2.24, 2.45) is 0 Å². The Hall–Kier alpha value is -3.00. The summed E-state index contributed by atoms with van der Waals surface area (Å²) >= 11 is 0. The Morgan fingerprint density at radius 2 is 1.77 bits per heavy atom. The molecule has 3 aromatic rings. The number of aromatic nitrogens is 2. The van der Waals surface area contributed by atoms with Gasteiger partial charge in [-0.15, -0.1) is 0 Å². The van der Waals surface area contributed by atoms with Gasteiger partial charge < -0.3 is 19.9 Å². The number of aliphatic hydroxyl groups is 2. The van der Waals surface area contributed by atoms with Crippen molar-refractivity contribution < 1.29 is 36.2 Å². The van der Waals surface area contributed by atoms with Crippen LogP contribution in [0.4, 0.5) is 24.9 Å². The number of alkyl halides is 3. The van der Waals surface area contributed by atoms with Crippen LogP contribution in [0.25, 0.3) is 11.3 Å². The van der Waals surface area contributed by atoms with Gasteiger partial charge in [0.2, 0.25) is 0 Å². The maximum Gasteiger partial charge on any atom is 0.416 e. The lowest BCUT2D eigenvalue weighted by Crippen LogP contribution is -2.34. The zero-order chi connectivity index (χ0) is 22.6. The molecule has 0 amide bonds. The molecule has 1 atom stereocenters. The van der Waals surface area contributed by atoms with E-state index < -0.39 is 34.5 Å². The Balaban J connectivity index is 1.67. The van der Waals surface area contributed by atoms with Gasteiger partial charge in [0.1, 0.15) is 0 Å². The number of nitrogens with zero attached hydrogens (tertiary/aromatic N) is 2. The smallest absolute Gasteiger partial charge is 0.416 e. The summed E-state index contributed by atoms with van der Waals surface area (Å²) in [6.45, 7) is -0.965. The van der Waals surface area contributed by atoms with E-state index in [9.17, 15) is 26.7 Å². The van der Waals surface area contributed by atoms with Gasteiger partial charge in [0.15, 0.2) is 10.8 Å². The standard InChI is InChI=1S/C18H17F3N4O5S/c19-18(20,21)12-3-1-11(2-4-12)15-9-23-17(30-15)25-13-5-6-16(22-7-13)31(28,29)24-8-14(27)10-26/h1-7,9,14,24,26-27H,8,10H2,(H,23,25). The fourth-order valence-electron chi connectivity index (χ4n) is 2.37. The molecule has 9 nitrogen and oxygen atoms in total. The van der Waals surface area contributed by atoms with Crippen LogP contribution in [0.5, 0.6) is 0 Å². The van der Waals surface area contributed by atoms with Gasteiger partial charge in [0.05, 0.1) is 36.4 Å². The van der Waals surface area contributed by atoms with E-state index >= 15 is 0 Å². The third-order valence-corrected chi connectivity index (χ3v) is 5.32. The minimum Gasteiger partial charge on any atom is -0.423 e. The number of pyridine rings is 1. The van der Waals surface area contributed by atoms with Crippen molar-refractivity contribution in [1.82, 2.24) is 14.7 Å². The molecule has 1 unspecified atom stereocenters. The first-order chi connectivity index (χ1) is 14.6. The fourth-order valence-corrected chi connectivity index (χ4v) is 3.37. The fraction of sp³-hybridized carbons (Fsp3) is 0.222. The third-order valence-electron chi connectivity index (χ3n) is 3.99. The Bertz CT molecular complexity index is 1120. The highest BCUT2D eigenvalue weighted by molar-refractivity contribution is 7.89. The summed E-state index contributed by atoms with van der Waals surface area (Å²) in [4.78, 5) is 7.79. The molecule has 0 saturated carbocycles. The molecular formula is C18H17F3N4O5S. The van der Waals surface area contributed by atoms with E-state index in [1.807, 2.05) is 0 Å².